The van der Waals surface area contributed by atoms with Crippen LogP contribution >= 0.6 is 34.8 Å². The second-order valence-corrected chi connectivity index (χ2v) is 11.6. The van der Waals surface area contributed by atoms with Gasteiger partial charge in [0.2, 0.25) is 0 Å². The molecule has 216 valence electrons. The van der Waals surface area contributed by atoms with E-state index in [1.54, 1.807) is 0 Å². The van der Waals surface area contributed by atoms with Crippen molar-refractivity contribution in [2.75, 3.05) is 0 Å². The van der Waals surface area contributed by atoms with Gasteiger partial charge in [-0.1, -0.05) is 81.3 Å². The molecule has 0 amide bonds. The van der Waals surface area contributed by atoms with Gasteiger partial charge in [0.05, 0.1) is 37.5 Å². The van der Waals surface area contributed by atoms with E-state index in [4.69, 9.17) is 39.8 Å². The van der Waals surface area contributed by atoms with Crippen molar-refractivity contribution in [3.05, 3.63) is 135 Å². The molecule has 6 rings (SSSR count). The zero-order valence-electron chi connectivity index (χ0n) is 25.2. The fourth-order valence-corrected chi connectivity index (χ4v) is 6.11. The SMILES string of the molecule is Cc1cc(C)cc(-c2cc(C)c3c(Cl)cccc3n2)c1.Cc1cc(C)cc(-c2cc(Cl)c3c(Cl)cccc3n2)c1.[CH3-].[I-].[Mg+2]. The maximum atomic E-state index is 6.37. The molecule has 2 aromatic heterocycles. The van der Waals surface area contributed by atoms with Gasteiger partial charge in [-0.2, -0.15) is 0 Å². The first-order valence-corrected chi connectivity index (χ1v) is 14.2. The number of rotatable bonds is 2. The van der Waals surface area contributed by atoms with E-state index < -0.39 is 0 Å². The molecule has 6 aromatic rings. The van der Waals surface area contributed by atoms with Gasteiger partial charge in [0.1, 0.15) is 0 Å². The molecule has 7 heteroatoms. The van der Waals surface area contributed by atoms with Crippen molar-refractivity contribution in [2.45, 2.75) is 34.6 Å². The summed E-state index contributed by atoms with van der Waals surface area (Å²) in [6, 6.07) is 28.4. The fourth-order valence-electron chi connectivity index (χ4n) is 5.17. The molecule has 2 heterocycles. The molecule has 0 saturated carbocycles. The zero-order valence-corrected chi connectivity index (χ0v) is 31.0. The summed E-state index contributed by atoms with van der Waals surface area (Å²) in [5.41, 5.74) is 12.0. The summed E-state index contributed by atoms with van der Waals surface area (Å²) in [5.74, 6) is 0. The molecule has 0 aliphatic heterocycles. The average Bonchev–Trinajstić information content (AvgIpc) is 2.87. The number of aromatic nitrogens is 2. The van der Waals surface area contributed by atoms with Gasteiger partial charge >= 0.3 is 23.1 Å². The van der Waals surface area contributed by atoms with Crippen LogP contribution in [-0.4, -0.2) is 33.0 Å². The molecule has 0 saturated heterocycles. The summed E-state index contributed by atoms with van der Waals surface area (Å²) in [7, 11) is 0. The number of hydrogen-bond donors (Lipinski definition) is 0. The fraction of sp³-hybridized carbons (Fsp3) is 0.139. The number of benzene rings is 4. The number of hydrogen-bond acceptors (Lipinski definition) is 2. The summed E-state index contributed by atoms with van der Waals surface area (Å²) in [6.45, 7) is 10.5. The first kappa shape index (κ1) is 37.3. The molecule has 0 aliphatic rings. The van der Waals surface area contributed by atoms with Crippen molar-refractivity contribution < 1.29 is 24.0 Å². The molecular weight excluding hydrogens is 718 g/mol. The Bertz CT molecular complexity index is 1730. The molecule has 0 atom stereocenters. The van der Waals surface area contributed by atoms with Crippen molar-refractivity contribution in [3.8, 4) is 22.5 Å². The number of fused-ring (bicyclic) bond motifs is 2. The van der Waals surface area contributed by atoms with Crippen molar-refractivity contribution in [1.82, 2.24) is 9.97 Å². The summed E-state index contributed by atoms with van der Waals surface area (Å²) in [4.78, 5) is 9.45. The Morgan fingerprint density at radius 3 is 1.35 bits per heavy atom. The van der Waals surface area contributed by atoms with Gasteiger partial charge in [-0.15, -0.1) is 0 Å². The van der Waals surface area contributed by atoms with Crippen molar-refractivity contribution in [3.63, 3.8) is 0 Å². The minimum atomic E-state index is 0. The van der Waals surface area contributed by atoms with E-state index in [2.05, 4.69) is 82.1 Å². The molecule has 2 nitrogen and oxygen atoms in total. The first-order valence-electron chi connectivity index (χ1n) is 13.1. The van der Waals surface area contributed by atoms with E-state index in [0.717, 1.165) is 54.9 Å². The zero-order chi connectivity index (χ0) is 28.6. The molecule has 0 bridgehead atoms. The van der Waals surface area contributed by atoms with Crippen LogP contribution in [0.3, 0.4) is 0 Å². The Hall–Kier alpha value is -1.93. The summed E-state index contributed by atoms with van der Waals surface area (Å²) in [5, 5.41) is 3.88. The smallest absolute Gasteiger partial charge is 1.00 e. The third-order valence-electron chi connectivity index (χ3n) is 6.75. The molecule has 0 N–H and O–H groups in total. The van der Waals surface area contributed by atoms with E-state index in [-0.39, 0.29) is 54.5 Å². The standard InChI is InChI=1S/C18H16ClN.C17H13Cl2N.CH3.HI.Mg/c1-11-7-12(2)9-14(8-11)17-10-13(3)18-15(19)5-4-6-16(18)20-17;1-10-6-11(2)8-12(7-10)16-9-14(19)17-13(18)4-3-5-15(17)20-16;;;/h4-10H,1-3H3;3-9H,1-2H3;1H3;1H;/q;;-1;;+2/p-1. The van der Waals surface area contributed by atoms with Gasteiger partial charge < -0.3 is 31.4 Å². The van der Waals surface area contributed by atoms with Crippen LogP contribution in [0, 0.1) is 42.0 Å². The van der Waals surface area contributed by atoms with Crippen LogP contribution in [0.25, 0.3) is 44.3 Å². The van der Waals surface area contributed by atoms with Gasteiger partial charge in [-0.3, -0.25) is 0 Å². The van der Waals surface area contributed by atoms with Gasteiger partial charge in [-0.05, 0) is 101 Å². The predicted octanol–water partition coefficient (Wildman–Crippen LogP) is 8.38. The summed E-state index contributed by atoms with van der Waals surface area (Å²) < 4.78 is 0. The second kappa shape index (κ2) is 15.9. The number of nitrogens with zero attached hydrogens (tertiary/aromatic N) is 2. The Kier molecular flexibility index (Phi) is 13.8. The second-order valence-electron chi connectivity index (χ2n) is 10.3. The van der Waals surface area contributed by atoms with E-state index in [1.165, 1.54) is 22.3 Å². The molecule has 0 fully saturated rings. The minimum absolute atomic E-state index is 0. The van der Waals surface area contributed by atoms with Crippen molar-refractivity contribution >= 4 is 79.7 Å². The van der Waals surface area contributed by atoms with Crippen LogP contribution in [-0.2, 0) is 0 Å². The Morgan fingerprint density at radius 2 is 0.884 bits per heavy atom. The Balaban J connectivity index is 0.000000281. The van der Waals surface area contributed by atoms with Crippen LogP contribution in [0.1, 0.15) is 27.8 Å². The average molecular weight is 750 g/mol. The maximum Gasteiger partial charge on any atom is 2.00 e. The third-order valence-corrected chi connectivity index (χ3v) is 7.68. The van der Waals surface area contributed by atoms with Crippen molar-refractivity contribution in [2.24, 2.45) is 0 Å². The van der Waals surface area contributed by atoms with Crippen LogP contribution in [0.2, 0.25) is 15.1 Å². The molecule has 0 unspecified atom stereocenters. The topological polar surface area (TPSA) is 25.8 Å². The third kappa shape index (κ3) is 8.62. The molecule has 0 radical (unpaired) electrons. The van der Waals surface area contributed by atoms with Crippen LogP contribution in [0.15, 0.2) is 84.9 Å². The van der Waals surface area contributed by atoms with Gasteiger partial charge in [-0.25, -0.2) is 9.97 Å². The van der Waals surface area contributed by atoms with E-state index in [0.29, 0.717) is 10.0 Å². The normalized spacial score (nSPS) is 10.2. The van der Waals surface area contributed by atoms with Crippen LogP contribution in [0.5, 0.6) is 0 Å². The van der Waals surface area contributed by atoms with Crippen LogP contribution < -0.4 is 24.0 Å². The molecular formula is C36H32Cl3IMgN2. The maximum absolute atomic E-state index is 6.37. The minimum Gasteiger partial charge on any atom is -1.00 e. The summed E-state index contributed by atoms with van der Waals surface area (Å²) >= 11 is 18.8. The molecule has 4 aromatic carbocycles. The van der Waals surface area contributed by atoms with Crippen molar-refractivity contribution in [1.29, 1.82) is 0 Å². The molecule has 0 aliphatic carbocycles. The number of pyridine rings is 2. The van der Waals surface area contributed by atoms with Gasteiger partial charge in [0.15, 0.2) is 0 Å². The summed E-state index contributed by atoms with van der Waals surface area (Å²) in [6.07, 6.45) is 0. The number of aryl methyl sites for hydroxylation is 5. The van der Waals surface area contributed by atoms with E-state index in [1.807, 2.05) is 42.5 Å². The van der Waals surface area contributed by atoms with E-state index >= 15 is 0 Å². The largest absolute Gasteiger partial charge is 2.00 e. The quantitative estimate of drug-likeness (QED) is 0.101. The molecule has 0 spiro atoms. The Morgan fingerprint density at radius 1 is 0.488 bits per heavy atom. The van der Waals surface area contributed by atoms with E-state index in [9.17, 15) is 0 Å². The Labute approximate surface area is 303 Å². The molecule has 43 heavy (non-hydrogen) atoms. The monoisotopic (exact) mass is 748 g/mol. The van der Waals surface area contributed by atoms with Gasteiger partial charge in [0, 0.05) is 21.9 Å². The van der Waals surface area contributed by atoms with Gasteiger partial charge in [0.25, 0.3) is 0 Å². The van der Waals surface area contributed by atoms with Crippen LogP contribution in [0.4, 0.5) is 0 Å². The first-order chi connectivity index (χ1) is 19.1. The predicted molar refractivity (Wildman–Crippen MR) is 185 cm³/mol. The number of halogens is 4.